The van der Waals surface area contributed by atoms with Crippen molar-refractivity contribution in [3.05, 3.63) is 35.4 Å². The Morgan fingerprint density at radius 2 is 1.62 bits per heavy atom. The fourth-order valence-electron chi connectivity index (χ4n) is 1.75. The van der Waals surface area contributed by atoms with E-state index in [1.165, 1.54) is 13.2 Å². The van der Waals surface area contributed by atoms with Crippen LogP contribution in [-0.2, 0) is 23.9 Å². The van der Waals surface area contributed by atoms with Crippen LogP contribution >= 0.6 is 0 Å². The highest BCUT2D eigenvalue weighted by Crippen LogP contribution is 2.23. The second-order valence-electron chi connectivity index (χ2n) is 3.98. The lowest BCUT2D eigenvalue weighted by atomic mass is 9.97. The van der Waals surface area contributed by atoms with Gasteiger partial charge in [0.1, 0.15) is 12.0 Å². The Labute approximate surface area is 122 Å². The first-order chi connectivity index (χ1) is 10.1. The van der Waals surface area contributed by atoms with Gasteiger partial charge >= 0.3 is 11.9 Å². The molecule has 0 bridgehead atoms. The Morgan fingerprint density at radius 1 is 1.05 bits per heavy atom. The number of esters is 2. The highest BCUT2D eigenvalue weighted by Gasteiger charge is 2.32. The molecule has 1 aromatic rings. The molecule has 112 valence electrons. The van der Waals surface area contributed by atoms with Crippen LogP contribution < -0.4 is 4.74 Å². The molecule has 0 unspecified atom stereocenters. The molecule has 0 fully saturated rings. The quantitative estimate of drug-likeness (QED) is 0.340. The van der Waals surface area contributed by atoms with Crippen molar-refractivity contribution in [2.24, 2.45) is 5.92 Å². The number of benzene rings is 1. The maximum Gasteiger partial charge on any atom is 0.324 e. The molecule has 6 nitrogen and oxygen atoms in total. The molecule has 0 aliphatic heterocycles. The molecular weight excluding hydrogens is 276 g/mol. The first-order valence-electron chi connectivity index (χ1n) is 6.04. The molecule has 0 N–H and O–H groups in total. The van der Waals surface area contributed by atoms with Crippen LogP contribution in [0.15, 0.2) is 29.8 Å². The van der Waals surface area contributed by atoms with Gasteiger partial charge in [0.05, 0.1) is 21.3 Å². The molecule has 21 heavy (non-hydrogen) atoms. The summed E-state index contributed by atoms with van der Waals surface area (Å²) < 4.78 is 14.2. The summed E-state index contributed by atoms with van der Waals surface area (Å²) in [5.41, 5.74) is 0.484. The summed E-state index contributed by atoms with van der Waals surface area (Å²) in [6, 6.07) is 6.88. The van der Waals surface area contributed by atoms with Crippen LogP contribution in [0.5, 0.6) is 5.75 Å². The van der Waals surface area contributed by atoms with E-state index in [0.29, 0.717) is 17.6 Å². The van der Waals surface area contributed by atoms with Gasteiger partial charge in [-0.3, -0.25) is 14.4 Å². The Bertz CT molecular complexity index is 545. The van der Waals surface area contributed by atoms with E-state index in [1.807, 2.05) is 0 Å². The van der Waals surface area contributed by atoms with Gasteiger partial charge in [0.25, 0.3) is 0 Å². The van der Waals surface area contributed by atoms with Crippen molar-refractivity contribution in [3.63, 3.8) is 0 Å². The zero-order chi connectivity index (χ0) is 15.8. The van der Waals surface area contributed by atoms with Gasteiger partial charge in [-0.15, -0.1) is 0 Å². The zero-order valence-corrected chi connectivity index (χ0v) is 12.0. The molecule has 0 aromatic heterocycles. The number of aldehydes is 1. The topological polar surface area (TPSA) is 78.9 Å². The van der Waals surface area contributed by atoms with Crippen LogP contribution in [0.4, 0.5) is 0 Å². The number of carbonyl (C=O) groups excluding carboxylic acids is 3. The Balaban J connectivity index is 3.31. The SMILES string of the molecule is COC(=O)C(C(=O)OC)/C(C=O)=C\c1ccccc1OC. The number of hydrogen-bond acceptors (Lipinski definition) is 6. The van der Waals surface area contributed by atoms with Gasteiger partial charge in [0, 0.05) is 11.1 Å². The summed E-state index contributed by atoms with van der Waals surface area (Å²) in [6.07, 6.45) is 1.81. The van der Waals surface area contributed by atoms with Gasteiger partial charge in [0.15, 0.2) is 5.92 Å². The second-order valence-corrected chi connectivity index (χ2v) is 3.98. The van der Waals surface area contributed by atoms with Crippen LogP contribution in [0.2, 0.25) is 0 Å². The smallest absolute Gasteiger partial charge is 0.324 e. The fraction of sp³-hybridized carbons (Fsp3) is 0.267. The van der Waals surface area contributed by atoms with Gasteiger partial charge in [-0.2, -0.15) is 0 Å². The summed E-state index contributed by atoms with van der Waals surface area (Å²) in [6.45, 7) is 0. The lowest BCUT2D eigenvalue weighted by Gasteiger charge is -2.13. The maximum atomic E-state index is 11.7. The highest BCUT2D eigenvalue weighted by atomic mass is 16.5. The van der Waals surface area contributed by atoms with Crippen LogP contribution in [0, 0.1) is 5.92 Å². The monoisotopic (exact) mass is 292 g/mol. The second kappa shape index (κ2) is 7.84. The number of hydrogen-bond donors (Lipinski definition) is 0. The van der Waals surface area contributed by atoms with Crippen molar-refractivity contribution in [3.8, 4) is 5.75 Å². The summed E-state index contributed by atoms with van der Waals surface area (Å²) in [5, 5.41) is 0. The fourth-order valence-corrected chi connectivity index (χ4v) is 1.75. The molecule has 1 rings (SSSR count). The number of ether oxygens (including phenoxy) is 3. The lowest BCUT2D eigenvalue weighted by molar-refractivity contribution is -0.157. The van der Waals surface area contributed by atoms with Crippen molar-refractivity contribution in [1.82, 2.24) is 0 Å². The molecule has 0 heterocycles. The van der Waals surface area contributed by atoms with Crippen LogP contribution in [-0.4, -0.2) is 39.6 Å². The van der Waals surface area contributed by atoms with Gasteiger partial charge in [0.2, 0.25) is 0 Å². The predicted octanol–water partition coefficient (Wildman–Crippen LogP) is 1.24. The summed E-state index contributed by atoms with van der Waals surface area (Å²) in [7, 11) is 3.74. The third-order valence-electron chi connectivity index (χ3n) is 2.80. The minimum Gasteiger partial charge on any atom is -0.496 e. The van der Waals surface area contributed by atoms with Crippen molar-refractivity contribution in [2.45, 2.75) is 0 Å². The normalized spacial score (nSPS) is 11.0. The van der Waals surface area contributed by atoms with E-state index < -0.39 is 17.9 Å². The third kappa shape index (κ3) is 3.92. The molecule has 0 saturated carbocycles. The molecule has 1 aromatic carbocycles. The van der Waals surface area contributed by atoms with Crippen LogP contribution in [0.3, 0.4) is 0 Å². The van der Waals surface area contributed by atoms with Crippen molar-refractivity contribution in [2.75, 3.05) is 21.3 Å². The van der Waals surface area contributed by atoms with E-state index in [-0.39, 0.29) is 5.57 Å². The molecule has 6 heteroatoms. The summed E-state index contributed by atoms with van der Waals surface area (Å²) in [5.74, 6) is -2.65. The van der Waals surface area contributed by atoms with Crippen LogP contribution in [0.25, 0.3) is 6.08 Å². The predicted molar refractivity (Wildman–Crippen MR) is 74.6 cm³/mol. The molecule has 0 saturated heterocycles. The van der Waals surface area contributed by atoms with E-state index in [0.717, 1.165) is 14.2 Å². The largest absolute Gasteiger partial charge is 0.496 e. The molecule has 0 aliphatic rings. The van der Waals surface area contributed by atoms with Crippen molar-refractivity contribution < 1.29 is 28.6 Å². The molecule has 0 atom stereocenters. The standard InChI is InChI=1S/C15H16O6/c1-19-12-7-5-4-6-10(12)8-11(9-16)13(14(17)20-2)15(18)21-3/h4-9,13H,1-3H3/b11-8-. The first kappa shape index (κ1) is 16.4. The molecule has 0 spiro atoms. The van der Waals surface area contributed by atoms with E-state index in [1.54, 1.807) is 24.3 Å². The zero-order valence-electron chi connectivity index (χ0n) is 12.0. The van der Waals surface area contributed by atoms with Crippen molar-refractivity contribution in [1.29, 1.82) is 0 Å². The lowest BCUT2D eigenvalue weighted by Crippen LogP contribution is -2.28. The Morgan fingerprint density at radius 3 is 2.10 bits per heavy atom. The van der Waals surface area contributed by atoms with Crippen molar-refractivity contribution >= 4 is 24.3 Å². The molecule has 0 amide bonds. The van der Waals surface area contributed by atoms with Gasteiger partial charge in [-0.1, -0.05) is 18.2 Å². The average molecular weight is 292 g/mol. The van der Waals surface area contributed by atoms with Gasteiger partial charge in [-0.25, -0.2) is 0 Å². The average Bonchev–Trinajstić information content (AvgIpc) is 2.53. The minimum atomic E-state index is -1.43. The van der Waals surface area contributed by atoms with E-state index in [4.69, 9.17) is 4.74 Å². The third-order valence-corrected chi connectivity index (χ3v) is 2.80. The number of methoxy groups -OCH3 is 3. The highest BCUT2D eigenvalue weighted by molar-refractivity contribution is 6.05. The number of rotatable bonds is 6. The Kier molecular flexibility index (Phi) is 6.13. The summed E-state index contributed by atoms with van der Waals surface area (Å²) in [4.78, 5) is 34.7. The molecular formula is C15H16O6. The van der Waals surface area contributed by atoms with Crippen LogP contribution in [0.1, 0.15) is 5.56 Å². The molecule has 0 radical (unpaired) electrons. The van der Waals surface area contributed by atoms with E-state index in [9.17, 15) is 14.4 Å². The first-order valence-corrected chi connectivity index (χ1v) is 6.04. The van der Waals surface area contributed by atoms with Gasteiger partial charge < -0.3 is 14.2 Å². The number of para-hydroxylation sites is 1. The minimum absolute atomic E-state index is 0.0711. The van der Waals surface area contributed by atoms with Gasteiger partial charge in [-0.05, 0) is 12.1 Å². The Hall–Kier alpha value is -2.63. The molecule has 0 aliphatic carbocycles. The van der Waals surface area contributed by atoms with E-state index >= 15 is 0 Å². The maximum absolute atomic E-state index is 11.7. The number of carbonyl (C=O) groups is 3. The summed E-state index contributed by atoms with van der Waals surface area (Å²) >= 11 is 0. The van der Waals surface area contributed by atoms with E-state index in [2.05, 4.69) is 9.47 Å².